The normalized spacial score (nSPS) is 10.2. The lowest BCUT2D eigenvalue weighted by Gasteiger charge is -2.11. The van der Waals surface area contributed by atoms with E-state index in [0.717, 1.165) is 17.1 Å². The zero-order valence-corrected chi connectivity index (χ0v) is 14.5. The smallest absolute Gasteiger partial charge is 0.249 e. The van der Waals surface area contributed by atoms with Gasteiger partial charge in [-0.3, -0.25) is 0 Å². The quantitative estimate of drug-likeness (QED) is 0.696. The standard InChI is InChI=1S/C19H18N6O/c1-13(2)26-17-9-7-16(8-10-17)23-19-24-18(12-21-25-19)22-15-5-3-14(11-20)4-6-15/h3-10,12-13H,1-2H3,(H2,22,23,24,25). The van der Waals surface area contributed by atoms with Crippen LogP contribution >= 0.6 is 0 Å². The first kappa shape index (κ1) is 17.2. The molecule has 1 aromatic heterocycles. The van der Waals surface area contributed by atoms with E-state index in [1.54, 1.807) is 24.3 Å². The van der Waals surface area contributed by atoms with E-state index in [0.29, 0.717) is 17.3 Å². The van der Waals surface area contributed by atoms with Crippen LogP contribution in [-0.4, -0.2) is 21.3 Å². The minimum absolute atomic E-state index is 0.131. The van der Waals surface area contributed by atoms with Crippen molar-refractivity contribution in [3.05, 3.63) is 60.3 Å². The summed E-state index contributed by atoms with van der Waals surface area (Å²) in [6.45, 7) is 3.97. The van der Waals surface area contributed by atoms with E-state index in [1.165, 1.54) is 6.20 Å². The van der Waals surface area contributed by atoms with Crippen LogP contribution in [0.5, 0.6) is 5.75 Å². The minimum Gasteiger partial charge on any atom is -0.491 e. The Hall–Kier alpha value is -3.66. The van der Waals surface area contributed by atoms with Crippen molar-refractivity contribution < 1.29 is 4.74 Å². The van der Waals surface area contributed by atoms with Gasteiger partial charge in [-0.1, -0.05) is 0 Å². The summed E-state index contributed by atoms with van der Waals surface area (Å²) in [4.78, 5) is 4.38. The van der Waals surface area contributed by atoms with E-state index in [1.807, 2.05) is 38.1 Å². The topological polar surface area (TPSA) is 95.8 Å². The van der Waals surface area contributed by atoms with Gasteiger partial charge < -0.3 is 15.4 Å². The molecule has 130 valence electrons. The van der Waals surface area contributed by atoms with Crippen molar-refractivity contribution in [1.29, 1.82) is 5.26 Å². The van der Waals surface area contributed by atoms with Gasteiger partial charge in [-0.25, -0.2) is 0 Å². The van der Waals surface area contributed by atoms with Gasteiger partial charge in [0.25, 0.3) is 0 Å². The Bertz CT molecular complexity index is 901. The lowest BCUT2D eigenvalue weighted by Crippen LogP contribution is -2.05. The fourth-order valence-electron chi connectivity index (χ4n) is 2.21. The summed E-state index contributed by atoms with van der Waals surface area (Å²) < 4.78 is 5.62. The van der Waals surface area contributed by atoms with Crippen molar-refractivity contribution in [2.75, 3.05) is 10.6 Å². The summed E-state index contributed by atoms with van der Waals surface area (Å²) in [5, 5.41) is 23.0. The molecule has 7 nitrogen and oxygen atoms in total. The molecule has 0 fully saturated rings. The van der Waals surface area contributed by atoms with Crippen LogP contribution in [0.4, 0.5) is 23.1 Å². The molecule has 3 rings (SSSR count). The molecule has 26 heavy (non-hydrogen) atoms. The fraction of sp³-hybridized carbons (Fsp3) is 0.158. The summed E-state index contributed by atoms with van der Waals surface area (Å²) in [5.74, 6) is 1.73. The number of benzene rings is 2. The van der Waals surface area contributed by atoms with Gasteiger partial charge in [0.05, 0.1) is 23.9 Å². The molecule has 2 aromatic carbocycles. The van der Waals surface area contributed by atoms with Crippen LogP contribution < -0.4 is 15.4 Å². The highest BCUT2D eigenvalue weighted by Gasteiger charge is 2.03. The molecule has 7 heteroatoms. The Morgan fingerprint density at radius 3 is 2.27 bits per heavy atom. The van der Waals surface area contributed by atoms with Crippen LogP contribution in [0, 0.1) is 11.3 Å². The maximum atomic E-state index is 8.84. The average Bonchev–Trinajstić information content (AvgIpc) is 2.64. The highest BCUT2D eigenvalue weighted by Crippen LogP contribution is 2.20. The average molecular weight is 346 g/mol. The second kappa shape index (κ2) is 7.94. The molecule has 0 bridgehead atoms. The second-order valence-corrected chi connectivity index (χ2v) is 5.80. The van der Waals surface area contributed by atoms with E-state index in [-0.39, 0.29) is 6.10 Å². The summed E-state index contributed by atoms with van der Waals surface area (Å²) in [6.07, 6.45) is 1.66. The Labute approximate surface area is 151 Å². The predicted molar refractivity (Wildman–Crippen MR) is 99.8 cm³/mol. The van der Waals surface area contributed by atoms with Crippen molar-refractivity contribution in [3.8, 4) is 11.8 Å². The number of rotatable bonds is 6. The van der Waals surface area contributed by atoms with Gasteiger partial charge in [-0.2, -0.15) is 15.3 Å². The number of nitriles is 1. The number of nitrogens with zero attached hydrogens (tertiary/aromatic N) is 4. The second-order valence-electron chi connectivity index (χ2n) is 5.80. The third-order valence-electron chi connectivity index (χ3n) is 3.33. The number of nitrogens with one attached hydrogen (secondary N) is 2. The Balaban J connectivity index is 1.67. The van der Waals surface area contributed by atoms with E-state index < -0.39 is 0 Å². The first-order valence-corrected chi connectivity index (χ1v) is 8.13. The molecule has 0 aliphatic rings. The molecule has 2 N–H and O–H groups in total. The SMILES string of the molecule is CC(C)Oc1ccc(Nc2nncc(Nc3ccc(C#N)cc3)n2)cc1. The highest BCUT2D eigenvalue weighted by molar-refractivity contribution is 5.59. The maximum absolute atomic E-state index is 8.84. The van der Waals surface area contributed by atoms with Gasteiger partial charge in [0.15, 0.2) is 5.82 Å². The zero-order valence-electron chi connectivity index (χ0n) is 14.5. The van der Waals surface area contributed by atoms with E-state index >= 15 is 0 Å². The number of hydrogen-bond acceptors (Lipinski definition) is 7. The Kier molecular flexibility index (Phi) is 5.25. The zero-order chi connectivity index (χ0) is 18.4. The minimum atomic E-state index is 0.131. The van der Waals surface area contributed by atoms with Gasteiger partial charge in [0.1, 0.15) is 5.75 Å². The molecule has 0 amide bonds. The van der Waals surface area contributed by atoms with Crippen LogP contribution in [0.3, 0.4) is 0 Å². The van der Waals surface area contributed by atoms with E-state index in [4.69, 9.17) is 10.00 Å². The molecule has 0 atom stereocenters. The van der Waals surface area contributed by atoms with E-state index in [2.05, 4.69) is 31.9 Å². The molecule has 0 saturated heterocycles. The number of hydrogen-bond donors (Lipinski definition) is 2. The van der Waals surface area contributed by atoms with Crippen molar-refractivity contribution in [2.45, 2.75) is 20.0 Å². The van der Waals surface area contributed by atoms with Gasteiger partial charge in [-0.15, -0.1) is 5.10 Å². The van der Waals surface area contributed by atoms with Gasteiger partial charge in [-0.05, 0) is 62.4 Å². The molecule has 3 aromatic rings. The molecule has 0 spiro atoms. The highest BCUT2D eigenvalue weighted by atomic mass is 16.5. The summed E-state index contributed by atoms with van der Waals surface area (Å²) in [6, 6.07) is 16.7. The van der Waals surface area contributed by atoms with Crippen LogP contribution in [0.25, 0.3) is 0 Å². The summed E-state index contributed by atoms with van der Waals surface area (Å²) in [5.41, 5.74) is 2.24. The molecule has 0 radical (unpaired) electrons. The fourth-order valence-corrected chi connectivity index (χ4v) is 2.21. The van der Waals surface area contributed by atoms with Crippen LogP contribution in [0.15, 0.2) is 54.7 Å². The van der Waals surface area contributed by atoms with Crippen LogP contribution in [0.2, 0.25) is 0 Å². The third-order valence-corrected chi connectivity index (χ3v) is 3.33. The van der Waals surface area contributed by atoms with Crippen molar-refractivity contribution in [2.24, 2.45) is 0 Å². The molecule has 0 aliphatic carbocycles. The van der Waals surface area contributed by atoms with Crippen molar-refractivity contribution in [3.63, 3.8) is 0 Å². The van der Waals surface area contributed by atoms with Crippen LogP contribution in [0.1, 0.15) is 19.4 Å². The molecular weight excluding hydrogens is 328 g/mol. The maximum Gasteiger partial charge on any atom is 0.249 e. The van der Waals surface area contributed by atoms with E-state index in [9.17, 15) is 0 Å². The Morgan fingerprint density at radius 1 is 0.962 bits per heavy atom. The first-order valence-electron chi connectivity index (χ1n) is 8.13. The van der Waals surface area contributed by atoms with Crippen LogP contribution in [-0.2, 0) is 0 Å². The Morgan fingerprint density at radius 2 is 1.62 bits per heavy atom. The van der Waals surface area contributed by atoms with Gasteiger partial charge >= 0.3 is 0 Å². The first-order chi connectivity index (χ1) is 12.6. The number of aromatic nitrogens is 3. The molecule has 0 aliphatic heterocycles. The van der Waals surface area contributed by atoms with Crippen molar-refractivity contribution in [1.82, 2.24) is 15.2 Å². The largest absolute Gasteiger partial charge is 0.491 e. The van der Waals surface area contributed by atoms with Gasteiger partial charge in [0, 0.05) is 11.4 Å². The molecule has 1 heterocycles. The third kappa shape index (κ3) is 4.68. The predicted octanol–water partition coefficient (Wildman–Crippen LogP) is 4.02. The number of ether oxygens (including phenoxy) is 1. The summed E-state index contributed by atoms with van der Waals surface area (Å²) >= 11 is 0. The number of anilines is 4. The lowest BCUT2D eigenvalue weighted by atomic mass is 10.2. The van der Waals surface area contributed by atoms with Crippen molar-refractivity contribution >= 4 is 23.1 Å². The molecule has 0 saturated carbocycles. The molecular formula is C19H18N6O. The summed E-state index contributed by atoms with van der Waals surface area (Å²) in [7, 11) is 0. The monoisotopic (exact) mass is 346 g/mol. The molecule has 0 unspecified atom stereocenters. The van der Waals surface area contributed by atoms with Gasteiger partial charge in [0.2, 0.25) is 5.95 Å². The lowest BCUT2D eigenvalue weighted by molar-refractivity contribution is 0.242.